The molecule has 5 nitrogen and oxygen atoms in total. The largest absolute Gasteiger partial charge is 0.274 e. The summed E-state index contributed by atoms with van der Waals surface area (Å²) in [5, 5.41) is 6.89. The fraction of sp³-hybridized carbons (Fsp3) is 0.0833. The highest BCUT2D eigenvalue weighted by Gasteiger charge is 2.33. The first-order valence-corrected chi connectivity index (χ1v) is 9.99. The van der Waals surface area contributed by atoms with E-state index >= 15 is 0 Å². The van der Waals surface area contributed by atoms with Gasteiger partial charge in [-0.2, -0.15) is 5.10 Å². The number of fused-ring (bicyclic) bond motifs is 1. The average Bonchev–Trinajstić information content (AvgIpc) is 3.25. The Morgan fingerprint density at radius 1 is 0.900 bits per heavy atom. The fourth-order valence-corrected chi connectivity index (χ4v) is 3.80. The van der Waals surface area contributed by atoms with Gasteiger partial charge in [0.05, 0.1) is 22.8 Å². The Bertz CT molecular complexity index is 1260. The minimum atomic E-state index is -0.227. The van der Waals surface area contributed by atoms with E-state index in [2.05, 4.69) is 9.97 Å². The van der Waals surface area contributed by atoms with Gasteiger partial charge >= 0.3 is 0 Å². The molecular formula is C24H17ClN4O. The van der Waals surface area contributed by atoms with E-state index in [1.54, 1.807) is 41.7 Å². The zero-order valence-electron chi connectivity index (χ0n) is 15.9. The van der Waals surface area contributed by atoms with Gasteiger partial charge in [0.1, 0.15) is 0 Å². The molecule has 5 rings (SSSR count). The summed E-state index contributed by atoms with van der Waals surface area (Å²) in [6.45, 7) is 0. The van der Waals surface area contributed by atoms with E-state index in [1.165, 1.54) is 0 Å². The van der Waals surface area contributed by atoms with Crippen LogP contribution < -0.4 is 0 Å². The topological polar surface area (TPSA) is 58.5 Å². The number of nitrogens with zero attached hydrogens (tertiary/aromatic N) is 4. The lowest BCUT2D eigenvalue weighted by atomic mass is 9.97. The van der Waals surface area contributed by atoms with Crippen LogP contribution in [0.2, 0.25) is 5.02 Å². The first kappa shape index (κ1) is 18.5. The lowest BCUT2D eigenvalue weighted by Crippen LogP contribution is -2.27. The maximum atomic E-state index is 13.3. The van der Waals surface area contributed by atoms with E-state index in [9.17, 15) is 4.79 Å². The number of hydrogen-bond donors (Lipinski definition) is 0. The molecule has 0 fully saturated rings. The van der Waals surface area contributed by atoms with Gasteiger partial charge in [0.25, 0.3) is 5.91 Å². The van der Waals surface area contributed by atoms with Crippen LogP contribution >= 0.6 is 11.6 Å². The second-order valence-electron chi connectivity index (χ2n) is 7.09. The molecular weight excluding hydrogens is 396 g/mol. The summed E-state index contributed by atoms with van der Waals surface area (Å²) in [6.07, 6.45) is 3.96. The summed E-state index contributed by atoms with van der Waals surface area (Å²) < 4.78 is 0. The van der Waals surface area contributed by atoms with Crippen LogP contribution in [-0.2, 0) is 0 Å². The Balaban J connectivity index is 1.57. The van der Waals surface area contributed by atoms with E-state index in [1.807, 2.05) is 48.5 Å². The van der Waals surface area contributed by atoms with Gasteiger partial charge in [-0.3, -0.25) is 14.8 Å². The van der Waals surface area contributed by atoms with E-state index < -0.39 is 0 Å². The van der Waals surface area contributed by atoms with Crippen molar-refractivity contribution < 1.29 is 4.79 Å². The molecule has 0 spiro atoms. The molecule has 3 aromatic carbocycles. The third kappa shape index (κ3) is 3.44. The SMILES string of the molecule is O=C(c1ccc(Cl)cc1)N1N=C(c2ccccc2)CC1c1ccc2nccnc2c1. The molecule has 1 unspecified atom stereocenters. The molecule has 1 aromatic heterocycles. The maximum Gasteiger partial charge on any atom is 0.274 e. The number of benzene rings is 3. The Kier molecular flexibility index (Phi) is 4.73. The van der Waals surface area contributed by atoms with Crippen molar-refractivity contribution in [3.63, 3.8) is 0 Å². The first-order valence-electron chi connectivity index (χ1n) is 9.62. The molecule has 146 valence electrons. The molecule has 4 aromatic rings. The number of hydrazone groups is 1. The van der Waals surface area contributed by atoms with Gasteiger partial charge in [-0.15, -0.1) is 0 Å². The molecule has 0 radical (unpaired) electrons. The number of carbonyl (C=O) groups excluding carboxylic acids is 1. The molecule has 0 aliphatic carbocycles. The number of aromatic nitrogens is 2. The summed E-state index contributed by atoms with van der Waals surface area (Å²) in [7, 11) is 0. The number of amides is 1. The van der Waals surface area contributed by atoms with Crippen LogP contribution in [0.4, 0.5) is 0 Å². The predicted molar refractivity (Wildman–Crippen MR) is 117 cm³/mol. The average molecular weight is 413 g/mol. The van der Waals surface area contributed by atoms with Gasteiger partial charge in [-0.05, 0) is 47.5 Å². The Morgan fingerprint density at radius 3 is 2.40 bits per heavy atom. The van der Waals surface area contributed by atoms with Crippen molar-refractivity contribution in [1.82, 2.24) is 15.0 Å². The number of carbonyl (C=O) groups is 1. The van der Waals surface area contributed by atoms with Crippen LogP contribution in [0.25, 0.3) is 11.0 Å². The molecule has 2 heterocycles. The normalized spacial score (nSPS) is 16.0. The van der Waals surface area contributed by atoms with Gasteiger partial charge < -0.3 is 0 Å². The van der Waals surface area contributed by atoms with Gasteiger partial charge in [0.15, 0.2) is 0 Å². The molecule has 1 atom stereocenters. The molecule has 6 heteroatoms. The van der Waals surface area contributed by atoms with Gasteiger partial charge in [0, 0.05) is 29.4 Å². The molecule has 1 aliphatic rings. The van der Waals surface area contributed by atoms with E-state index in [4.69, 9.17) is 16.7 Å². The minimum Gasteiger partial charge on any atom is -0.267 e. The number of rotatable bonds is 3. The molecule has 30 heavy (non-hydrogen) atoms. The summed E-state index contributed by atoms with van der Waals surface area (Å²) in [5.41, 5.74) is 5.01. The van der Waals surface area contributed by atoms with Crippen molar-refractivity contribution in [3.8, 4) is 0 Å². The highest BCUT2D eigenvalue weighted by atomic mass is 35.5. The Labute approximate surface area is 178 Å². The van der Waals surface area contributed by atoms with Crippen LogP contribution in [0.1, 0.15) is 33.9 Å². The Hall–Kier alpha value is -3.57. The predicted octanol–water partition coefficient (Wildman–Crippen LogP) is 5.27. The van der Waals surface area contributed by atoms with E-state index in [0.29, 0.717) is 17.0 Å². The molecule has 0 saturated heterocycles. The number of hydrogen-bond acceptors (Lipinski definition) is 4. The molecule has 1 aliphatic heterocycles. The van der Waals surface area contributed by atoms with Crippen molar-refractivity contribution >= 4 is 34.3 Å². The van der Waals surface area contributed by atoms with Crippen molar-refractivity contribution in [1.29, 1.82) is 0 Å². The second kappa shape index (κ2) is 7.69. The lowest BCUT2D eigenvalue weighted by molar-refractivity contribution is 0.0711. The summed E-state index contributed by atoms with van der Waals surface area (Å²) >= 11 is 5.99. The third-order valence-corrected chi connectivity index (χ3v) is 5.45. The van der Waals surface area contributed by atoms with Gasteiger partial charge in [0.2, 0.25) is 0 Å². The second-order valence-corrected chi connectivity index (χ2v) is 7.53. The molecule has 1 amide bonds. The van der Waals surface area contributed by atoms with Crippen LogP contribution in [0.3, 0.4) is 0 Å². The Morgan fingerprint density at radius 2 is 1.63 bits per heavy atom. The highest BCUT2D eigenvalue weighted by Crippen LogP contribution is 2.35. The van der Waals surface area contributed by atoms with Gasteiger partial charge in [-0.1, -0.05) is 48.0 Å². The standard InChI is InChI=1S/C24H17ClN4O/c25-19-9-6-17(7-10-19)24(30)29-23(15-21(28-29)16-4-2-1-3-5-16)18-8-11-20-22(14-18)27-13-12-26-20/h1-14,23H,15H2. The third-order valence-electron chi connectivity index (χ3n) is 5.19. The molecule has 0 N–H and O–H groups in total. The van der Waals surface area contributed by atoms with Crippen molar-refractivity contribution in [2.24, 2.45) is 5.10 Å². The quantitative estimate of drug-likeness (QED) is 0.460. The van der Waals surface area contributed by atoms with E-state index in [0.717, 1.165) is 27.9 Å². The monoisotopic (exact) mass is 412 g/mol. The van der Waals surface area contributed by atoms with Crippen LogP contribution in [0.5, 0.6) is 0 Å². The fourth-order valence-electron chi connectivity index (χ4n) is 3.67. The maximum absolute atomic E-state index is 13.3. The van der Waals surface area contributed by atoms with Crippen molar-refractivity contribution in [2.75, 3.05) is 0 Å². The summed E-state index contributed by atoms with van der Waals surface area (Å²) in [5.74, 6) is -0.165. The van der Waals surface area contributed by atoms with Crippen LogP contribution in [0.15, 0.2) is 90.3 Å². The smallest absolute Gasteiger partial charge is 0.267 e. The zero-order chi connectivity index (χ0) is 20.5. The zero-order valence-corrected chi connectivity index (χ0v) is 16.7. The van der Waals surface area contributed by atoms with E-state index in [-0.39, 0.29) is 11.9 Å². The first-order chi connectivity index (χ1) is 14.7. The highest BCUT2D eigenvalue weighted by molar-refractivity contribution is 6.30. The number of halogens is 1. The molecule has 0 bridgehead atoms. The summed E-state index contributed by atoms with van der Waals surface area (Å²) in [6, 6.07) is 22.5. The molecule has 0 saturated carbocycles. The lowest BCUT2D eigenvalue weighted by Gasteiger charge is -2.22. The summed E-state index contributed by atoms with van der Waals surface area (Å²) in [4.78, 5) is 22.1. The van der Waals surface area contributed by atoms with Crippen LogP contribution in [-0.4, -0.2) is 26.6 Å². The van der Waals surface area contributed by atoms with Crippen molar-refractivity contribution in [2.45, 2.75) is 12.5 Å². The van der Waals surface area contributed by atoms with Crippen molar-refractivity contribution in [3.05, 3.63) is 107 Å². The minimum absolute atomic E-state index is 0.165. The van der Waals surface area contributed by atoms with Gasteiger partial charge in [-0.25, -0.2) is 5.01 Å². The van der Waals surface area contributed by atoms with Crippen LogP contribution in [0, 0.1) is 0 Å².